The Morgan fingerprint density at radius 1 is 0.911 bits per heavy atom. The van der Waals surface area contributed by atoms with Crippen molar-refractivity contribution in [1.29, 1.82) is 0 Å². The number of likely N-dealkylation sites (N-methyl/N-ethyl adjacent to an activating group) is 2. The van der Waals surface area contributed by atoms with Crippen molar-refractivity contribution in [2.45, 2.75) is 77.9 Å². The van der Waals surface area contributed by atoms with Gasteiger partial charge in [0.1, 0.15) is 12.1 Å². The molecule has 0 aromatic heterocycles. The first-order valence-electron chi connectivity index (χ1n) is 15.2. The number of amides is 3. The highest BCUT2D eigenvalue weighted by molar-refractivity contribution is 5.95. The molecule has 10 nitrogen and oxygen atoms in total. The van der Waals surface area contributed by atoms with Crippen molar-refractivity contribution in [1.82, 2.24) is 20.9 Å². The molecule has 2 aromatic rings. The molecule has 0 aliphatic carbocycles. The van der Waals surface area contributed by atoms with Crippen molar-refractivity contribution >= 4 is 23.7 Å². The van der Waals surface area contributed by atoms with Crippen LogP contribution in [0.1, 0.15) is 59.9 Å². The molecule has 0 radical (unpaired) electrons. The fourth-order valence-electron chi connectivity index (χ4n) is 5.09. The molecule has 10 heteroatoms. The predicted molar refractivity (Wildman–Crippen MR) is 176 cm³/mol. The molecule has 0 fully saturated rings. The largest absolute Gasteiger partial charge is 0.480 e. The summed E-state index contributed by atoms with van der Waals surface area (Å²) in [5.74, 6) is -2.40. The van der Waals surface area contributed by atoms with Gasteiger partial charge in [0.25, 0.3) is 0 Å². The molecule has 2 aromatic carbocycles. The average molecular weight is 623 g/mol. The highest BCUT2D eigenvalue weighted by Gasteiger charge is 2.40. The van der Waals surface area contributed by atoms with Gasteiger partial charge in [-0.05, 0) is 48.9 Å². The van der Waals surface area contributed by atoms with Crippen molar-refractivity contribution in [2.75, 3.05) is 27.2 Å². The van der Waals surface area contributed by atoms with Crippen LogP contribution in [0.4, 0.5) is 0 Å². The number of carbonyl (C=O) groups excluding carboxylic acids is 3. The number of carboxylic acid groups (broad SMARTS) is 1. The highest BCUT2D eigenvalue weighted by atomic mass is 16.4. The Morgan fingerprint density at radius 2 is 1.53 bits per heavy atom. The summed E-state index contributed by atoms with van der Waals surface area (Å²) in [6.07, 6.45) is 1.88. The molecule has 45 heavy (non-hydrogen) atoms. The van der Waals surface area contributed by atoms with Crippen LogP contribution in [0.3, 0.4) is 0 Å². The van der Waals surface area contributed by atoms with E-state index in [2.05, 4.69) is 22.0 Å². The number of aliphatic carboxylic acids is 1. The number of hydrogen-bond acceptors (Lipinski definition) is 6. The molecular formula is C35H50N4O6. The van der Waals surface area contributed by atoms with Gasteiger partial charge < -0.3 is 31.1 Å². The lowest BCUT2D eigenvalue weighted by molar-refractivity contribution is -0.141. The number of carbonyl (C=O) groups is 4. The van der Waals surface area contributed by atoms with Gasteiger partial charge in [0.2, 0.25) is 17.7 Å². The molecule has 0 spiro atoms. The third kappa shape index (κ3) is 10.3. The van der Waals surface area contributed by atoms with E-state index in [1.165, 1.54) is 11.8 Å². The van der Waals surface area contributed by atoms with Gasteiger partial charge >= 0.3 is 5.97 Å². The number of benzene rings is 2. The molecule has 0 saturated heterocycles. The number of aliphatic hydroxyl groups is 1. The number of aliphatic hydroxyl groups excluding tert-OH is 1. The van der Waals surface area contributed by atoms with Gasteiger partial charge in [0.15, 0.2) is 0 Å². The van der Waals surface area contributed by atoms with Crippen molar-refractivity contribution in [3.8, 4) is 11.1 Å². The van der Waals surface area contributed by atoms with Crippen LogP contribution in [-0.4, -0.2) is 84.2 Å². The third-order valence-corrected chi connectivity index (χ3v) is 8.05. The van der Waals surface area contributed by atoms with Crippen molar-refractivity contribution < 1.29 is 29.4 Å². The standard InChI is InChI=1S/C35H50N4O6/c1-23(30(41)37-27(33(44)45)18-13-21-40)19-20-39(8)32(43)29(34(2,3)4)38-31(42)28(36-7)35(5,6)26-17-12-16-25(22-26)24-14-10-9-11-15-24/h9-12,14-17,19,22,27-29,36,40H,13,18,20-21H2,1-8H3,(H,37,41)(H,38,42)(H,44,45)/b23-19+. The van der Waals surface area contributed by atoms with Gasteiger partial charge in [0.05, 0.1) is 6.04 Å². The van der Waals surface area contributed by atoms with Crippen LogP contribution in [0.25, 0.3) is 11.1 Å². The summed E-state index contributed by atoms with van der Waals surface area (Å²) < 4.78 is 0. The minimum Gasteiger partial charge on any atom is -0.480 e. The summed E-state index contributed by atoms with van der Waals surface area (Å²) >= 11 is 0. The predicted octanol–water partition coefficient (Wildman–Crippen LogP) is 3.50. The zero-order chi connectivity index (χ0) is 33.9. The summed E-state index contributed by atoms with van der Waals surface area (Å²) in [6.45, 7) is 11.0. The van der Waals surface area contributed by atoms with E-state index in [1.807, 2.05) is 83.1 Å². The Balaban J connectivity index is 2.21. The molecule has 3 amide bonds. The summed E-state index contributed by atoms with van der Waals surface area (Å²) in [4.78, 5) is 53.0. The van der Waals surface area contributed by atoms with Gasteiger partial charge in [-0.25, -0.2) is 4.79 Å². The van der Waals surface area contributed by atoms with E-state index >= 15 is 0 Å². The van der Waals surface area contributed by atoms with Crippen LogP contribution >= 0.6 is 0 Å². The lowest BCUT2D eigenvalue weighted by atomic mass is 9.76. The fraction of sp³-hybridized carbons (Fsp3) is 0.486. The fourth-order valence-corrected chi connectivity index (χ4v) is 5.09. The van der Waals surface area contributed by atoms with Crippen LogP contribution in [-0.2, 0) is 24.6 Å². The quantitative estimate of drug-likeness (QED) is 0.191. The SMILES string of the molecule is CNC(C(=O)NC(C(=O)N(C)C/C=C(\C)C(=O)NC(CCCO)C(=O)O)C(C)(C)C)C(C)(C)c1cccc(-c2ccccc2)c1. The van der Waals surface area contributed by atoms with Crippen LogP contribution in [0.5, 0.6) is 0 Å². The molecule has 3 unspecified atom stereocenters. The smallest absolute Gasteiger partial charge is 0.326 e. The first-order valence-corrected chi connectivity index (χ1v) is 15.2. The molecule has 0 bridgehead atoms. The minimum atomic E-state index is -1.19. The van der Waals surface area contributed by atoms with Gasteiger partial charge in [0, 0.05) is 31.2 Å². The van der Waals surface area contributed by atoms with Crippen molar-refractivity contribution in [3.05, 3.63) is 71.8 Å². The molecule has 0 aliphatic heterocycles. The monoisotopic (exact) mass is 622 g/mol. The average Bonchev–Trinajstić information content (AvgIpc) is 3.00. The number of nitrogens with zero attached hydrogens (tertiary/aromatic N) is 1. The van der Waals surface area contributed by atoms with Gasteiger partial charge in [-0.1, -0.05) is 95.3 Å². The molecule has 3 atom stereocenters. The van der Waals surface area contributed by atoms with E-state index < -0.39 is 40.8 Å². The number of hydrogen-bond donors (Lipinski definition) is 5. The second-order valence-corrected chi connectivity index (χ2v) is 13.0. The van der Waals surface area contributed by atoms with E-state index in [1.54, 1.807) is 20.2 Å². The van der Waals surface area contributed by atoms with Crippen molar-refractivity contribution in [2.24, 2.45) is 5.41 Å². The lowest BCUT2D eigenvalue weighted by Gasteiger charge is -2.38. The van der Waals surface area contributed by atoms with Crippen LogP contribution in [0, 0.1) is 5.41 Å². The maximum Gasteiger partial charge on any atom is 0.326 e. The van der Waals surface area contributed by atoms with Gasteiger partial charge in [-0.2, -0.15) is 0 Å². The summed E-state index contributed by atoms with van der Waals surface area (Å²) in [7, 11) is 3.31. The zero-order valence-electron chi connectivity index (χ0n) is 27.8. The normalized spacial score (nSPS) is 14.2. The first kappa shape index (κ1) is 37.2. The second kappa shape index (κ2) is 16.3. The van der Waals surface area contributed by atoms with E-state index in [0.717, 1.165) is 16.7 Å². The Morgan fingerprint density at radius 3 is 2.09 bits per heavy atom. The Labute approximate surface area is 267 Å². The zero-order valence-corrected chi connectivity index (χ0v) is 27.8. The lowest BCUT2D eigenvalue weighted by Crippen LogP contribution is -2.60. The third-order valence-electron chi connectivity index (χ3n) is 8.05. The number of nitrogens with one attached hydrogen (secondary N) is 3. The number of carboxylic acids is 1. The van der Waals surface area contributed by atoms with Crippen molar-refractivity contribution in [3.63, 3.8) is 0 Å². The van der Waals surface area contributed by atoms with Gasteiger partial charge in [-0.3, -0.25) is 14.4 Å². The molecule has 246 valence electrons. The molecule has 5 N–H and O–H groups in total. The maximum absolute atomic E-state index is 13.8. The minimum absolute atomic E-state index is 0.0716. The van der Waals surface area contributed by atoms with E-state index in [-0.39, 0.29) is 43.4 Å². The van der Waals surface area contributed by atoms with Crippen LogP contribution in [0.15, 0.2) is 66.2 Å². The summed E-state index contributed by atoms with van der Waals surface area (Å²) in [6, 6.07) is 15.5. The molecule has 0 saturated carbocycles. The molecule has 0 aliphatic rings. The Bertz CT molecular complexity index is 1350. The van der Waals surface area contributed by atoms with E-state index in [9.17, 15) is 24.3 Å². The Kier molecular flexibility index (Phi) is 13.5. The van der Waals surface area contributed by atoms with E-state index in [0.29, 0.717) is 0 Å². The Hall–Kier alpha value is -4.02. The van der Waals surface area contributed by atoms with Crippen LogP contribution < -0.4 is 16.0 Å². The first-order chi connectivity index (χ1) is 21.0. The molecular weight excluding hydrogens is 572 g/mol. The van der Waals surface area contributed by atoms with Gasteiger partial charge in [-0.15, -0.1) is 0 Å². The second-order valence-electron chi connectivity index (χ2n) is 13.0. The molecule has 0 heterocycles. The van der Waals surface area contributed by atoms with E-state index in [4.69, 9.17) is 5.11 Å². The number of rotatable bonds is 15. The maximum atomic E-state index is 13.8. The van der Waals surface area contributed by atoms with Crippen LogP contribution in [0.2, 0.25) is 0 Å². The highest BCUT2D eigenvalue weighted by Crippen LogP contribution is 2.31. The molecule has 2 rings (SSSR count). The summed E-state index contributed by atoms with van der Waals surface area (Å²) in [5.41, 5.74) is 2.06. The summed E-state index contributed by atoms with van der Waals surface area (Å²) in [5, 5.41) is 27.0. The topological polar surface area (TPSA) is 148 Å².